The maximum Gasteiger partial charge on any atom is 0.335 e. The summed E-state index contributed by atoms with van der Waals surface area (Å²) in [6.45, 7) is 5.66. The Kier molecular flexibility index (Phi) is 6.01. The number of benzene rings is 2. The van der Waals surface area contributed by atoms with Crippen LogP contribution in [0.15, 0.2) is 54.6 Å². The maximum absolute atomic E-state index is 13.0. The van der Waals surface area contributed by atoms with Gasteiger partial charge in [-0.3, -0.25) is 14.9 Å². The van der Waals surface area contributed by atoms with Gasteiger partial charge in [-0.1, -0.05) is 25.1 Å². The molecule has 2 aromatic rings. The molecule has 2 aromatic carbocycles. The average Bonchev–Trinajstić information content (AvgIpc) is 2.73. The fourth-order valence-corrected chi connectivity index (χ4v) is 3.18. The summed E-state index contributed by atoms with van der Waals surface area (Å²) in [5, 5.41) is 12.4. The minimum absolute atomic E-state index is 0.0354. The number of phenols is 1. The zero-order valence-electron chi connectivity index (χ0n) is 16.8. The van der Waals surface area contributed by atoms with Gasteiger partial charge in [0.2, 0.25) is 0 Å². The summed E-state index contributed by atoms with van der Waals surface area (Å²) in [7, 11) is 1.41. The molecule has 0 bridgehead atoms. The third-order valence-electron chi connectivity index (χ3n) is 4.78. The molecular weight excluding hydrogens is 384 g/mol. The van der Waals surface area contributed by atoms with Gasteiger partial charge in [0, 0.05) is 5.56 Å². The number of hydrogen-bond acceptors (Lipinski definition) is 5. The number of carbonyl (C=O) groups excluding carboxylic acids is 3. The van der Waals surface area contributed by atoms with Gasteiger partial charge in [0.15, 0.2) is 11.5 Å². The van der Waals surface area contributed by atoms with Gasteiger partial charge in [0.25, 0.3) is 11.8 Å². The number of imide groups is 2. The molecule has 0 aromatic heterocycles. The number of nitrogens with one attached hydrogen (secondary N) is 1. The quantitative estimate of drug-likeness (QED) is 0.436. The van der Waals surface area contributed by atoms with E-state index in [-0.39, 0.29) is 17.1 Å². The van der Waals surface area contributed by atoms with E-state index in [9.17, 15) is 19.5 Å². The number of urea groups is 1. The number of rotatable bonds is 6. The van der Waals surface area contributed by atoms with Crippen molar-refractivity contribution in [2.75, 3.05) is 12.0 Å². The van der Waals surface area contributed by atoms with E-state index >= 15 is 0 Å². The number of amides is 4. The van der Waals surface area contributed by atoms with Crippen LogP contribution in [0, 0.1) is 0 Å². The number of allylic oxidation sites excluding steroid dienone is 1. The van der Waals surface area contributed by atoms with Crippen molar-refractivity contribution < 1.29 is 24.2 Å². The van der Waals surface area contributed by atoms with E-state index in [1.54, 1.807) is 24.3 Å². The summed E-state index contributed by atoms with van der Waals surface area (Å²) in [6.07, 6.45) is 4.17. The second-order valence-electron chi connectivity index (χ2n) is 6.70. The van der Waals surface area contributed by atoms with Gasteiger partial charge < -0.3 is 9.84 Å². The molecule has 4 amide bonds. The molecule has 154 valence electrons. The Morgan fingerprint density at radius 2 is 1.87 bits per heavy atom. The minimum Gasteiger partial charge on any atom is -0.504 e. The zero-order chi connectivity index (χ0) is 21.8. The number of hydrogen-bond donors (Lipinski definition) is 2. The number of carbonyl (C=O) groups is 3. The van der Waals surface area contributed by atoms with Crippen molar-refractivity contribution in [3.05, 3.63) is 71.3 Å². The Labute approximate surface area is 174 Å². The monoisotopic (exact) mass is 406 g/mol. The first kappa shape index (κ1) is 20.9. The predicted molar refractivity (Wildman–Crippen MR) is 113 cm³/mol. The maximum atomic E-state index is 13.0. The Morgan fingerprint density at radius 1 is 1.17 bits per heavy atom. The highest BCUT2D eigenvalue weighted by atomic mass is 16.5. The van der Waals surface area contributed by atoms with Crippen molar-refractivity contribution >= 4 is 29.6 Å². The molecule has 7 nitrogen and oxygen atoms in total. The lowest BCUT2D eigenvalue weighted by Gasteiger charge is -2.26. The molecule has 1 saturated heterocycles. The van der Waals surface area contributed by atoms with E-state index in [4.69, 9.17) is 4.74 Å². The fraction of sp³-hybridized carbons (Fsp3) is 0.174. The fourth-order valence-electron chi connectivity index (χ4n) is 3.18. The third kappa shape index (κ3) is 3.96. The summed E-state index contributed by atoms with van der Waals surface area (Å²) in [6, 6.07) is 9.30. The van der Waals surface area contributed by atoms with Crippen molar-refractivity contribution in [3.8, 4) is 11.5 Å². The lowest BCUT2D eigenvalue weighted by molar-refractivity contribution is -0.122. The van der Waals surface area contributed by atoms with Gasteiger partial charge in [0.05, 0.1) is 12.8 Å². The van der Waals surface area contributed by atoms with Crippen LogP contribution in [0.25, 0.3) is 6.08 Å². The van der Waals surface area contributed by atoms with Crippen LogP contribution in [-0.4, -0.2) is 30.1 Å². The molecule has 0 aliphatic carbocycles. The van der Waals surface area contributed by atoms with Crippen molar-refractivity contribution in [2.24, 2.45) is 0 Å². The highest BCUT2D eigenvalue weighted by Gasteiger charge is 2.36. The highest BCUT2D eigenvalue weighted by molar-refractivity contribution is 6.39. The van der Waals surface area contributed by atoms with Crippen LogP contribution >= 0.6 is 0 Å². The van der Waals surface area contributed by atoms with E-state index in [0.717, 1.165) is 16.9 Å². The molecule has 30 heavy (non-hydrogen) atoms. The lowest BCUT2D eigenvalue weighted by Crippen LogP contribution is -2.54. The Hall–Kier alpha value is -3.87. The first-order chi connectivity index (χ1) is 14.4. The molecular formula is C23H22N2O5. The normalized spacial score (nSPS) is 15.3. The lowest BCUT2D eigenvalue weighted by atomic mass is 10.0. The number of methoxy groups -OCH3 is 1. The second kappa shape index (κ2) is 8.65. The Morgan fingerprint density at radius 3 is 2.47 bits per heavy atom. The number of barbiturate groups is 1. The molecule has 1 heterocycles. The van der Waals surface area contributed by atoms with Gasteiger partial charge in [-0.25, -0.2) is 9.69 Å². The average molecular weight is 406 g/mol. The van der Waals surface area contributed by atoms with Crippen LogP contribution < -0.4 is 15.0 Å². The summed E-state index contributed by atoms with van der Waals surface area (Å²) >= 11 is 0. The van der Waals surface area contributed by atoms with E-state index in [1.807, 2.05) is 19.1 Å². The van der Waals surface area contributed by atoms with Gasteiger partial charge in [-0.15, -0.1) is 6.58 Å². The highest BCUT2D eigenvalue weighted by Crippen LogP contribution is 2.33. The van der Waals surface area contributed by atoms with Crippen LogP contribution in [0.5, 0.6) is 11.5 Å². The molecule has 0 unspecified atom stereocenters. The first-order valence-corrected chi connectivity index (χ1v) is 9.40. The molecule has 1 fully saturated rings. The summed E-state index contributed by atoms with van der Waals surface area (Å²) in [5.74, 6) is -1.35. The Balaban J connectivity index is 2.04. The van der Waals surface area contributed by atoms with Crippen LogP contribution in [0.3, 0.4) is 0 Å². The van der Waals surface area contributed by atoms with Crippen molar-refractivity contribution in [1.29, 1.82) is 0 Å². The second-order valence-corrected chi connectivity index (χ2v) is 6.70. The van der Waals surface area contributed by atoms with Gasteiger partial charge >= 0.3 is 6.03 Å². The van der Waals surface area contributed by atoms with Crippen molar-refractivity contribution in [1.82, 2.24) is 5.32 Å². The van der Waals surface area contributed by atoms with Crippen LogP contribution in [0.4, 0.5) is 10.5 Å². The molecule has 0 saturated carbocycles. The predicted octanol–water partition coefficient (Wildman–Crippen LogP) is 3.36. The van der Waals surface area contributed by atoms with Crippen molar-refractivity contribution in [3.63, 3.8) is 0 Å². The summed E-state index contributed by atoms with van der Waals surface area (Å²) in [4.78, 5) is 38.7. The number of phenolic OH excluding ortho intramolecular Hbond substituents is 1. The standard InChI is InChI=1S/C23H22N2O5/c1-4-6-16-11-15(13-19(30-3)20(16)26)12-18-21(27)24-23(29)25(22(18)28)17-9-7-14(5-2)8-10-17/h4,7-13,26H,1,5-6H2,2-3H3,(H,24,27,29)/b18-12-. The zero-order valence-corrected chi connectivity index (χ0v) is 16.8. The van der Waals surface area contributed by atoms with E-state index in [0.29, 0.717) is 23.2 Å². The van der Waals surface area contributed by atoms with E-state index in [1.165, 1.54) is 19.3 Å². The molecule has 2 N–H and O–H groups in total. The number of anilines is 1. The van der Waals surface area contributed by atoms with Crippen LogP contribution in [0.2, 0.25) is 0 Å². The SMILES string of the molecule is C=CCc1cc(/C=C2/C(=O)NC(=O)N(c3ccc(CC)cc3)C2=O)cc(OC)c1O. The number of nitrogens with zero attached hydrogens (tertiary/aromatic N) is 1. The summed E-state index contributed by atoms with van der Waals surface area (Å²) in [5.41, 5.74) is 2.22. The van der Waals surface area contributed by atoms with E-state index < -0.39 is 17.8 Å². The molecule has 1 aliphatic heterocycles. The topological polar surface area (TPSA) is 95.9 Å². The molecule has 0 spiro atoms. The molecule has 3 rings (SSSR count). The number of aromatic hydroxyl groups is 1. The van der Waals surface area contributed by atoms with Crippen molar-refractivity contribution in [2.45, 2.75) is 19.8 Å². The smallest absolute Gasteiger partial charge is 0.335 e. The largest absolute Gasteiger partial charge is 0.504 e. The van der Waals surface area contributed by atoms with Gasteiger partial charge in [-0.2, -0.15) is 0 Å². The summed E-state index contributed by atoms with van der Waals surface area (Å²) < 4.78 is 5.18. The number of ether oxygens (including phenoxy) is 1. The minimum atomic E-state index is -0.804. The van der Waals surface area contributed by atoms with Gasteiger partial charge in [-0.05, 0) is 54.3 Å². The third-order valence-corrected chi connectivity index (χ3v) is 4.78. The molecule has 0 radical (unpaired) electrons. The van der Waals surface area contributed by atoms with Crippen LogP contribution in [-0.2, 0) is 22.4 Å². The van der Waals surface area contributed by atoms with Crippen LogP contribution in [0.1, 0.15) is 23.6 Å². The number of aryl methyl sites for hydroxylation is 1. The van der Waals surface area contributed by atoms with E-state index in [2.05, 4.69) is 11.9 Å². The molecule has 1 aliphatic rings. The molecule has 0 atom stereocenters. The molecule has 7 heteroatoms. The van der Waals surface area contributed by atoms with Gasteiger partial charge in [0.1, 0.15) is 5.57 Å². The first-order valence-electron chi connectivity index (χ1n) is 9.40. The Bertz CT molecular complexity index is 1050.